The Morgan fingerprint density at radius 1 is 1.53 bits per heavy atom. The predicted octanol–water partition coefficient (Wildman–Crippen LogP) is 3.92. The molecule has 2 unspecified atom stereocenters. The highest BCUT2D eigenvalue weighted by Crippen LogP contribution is 2.45. The Morgan fingerprint density at radius 2 is 2.33 bits per heavy atom. The van der Waals surface area contributed by atoms with Gasteiger partial charge < -0.3 is 0 Å². The third-order valence-corrected chi connectivity index (χ3v) is 3.82. The van der Waals surface area contributed by atoms with Crippen LogP contribution in [0.3, 0.4) is 0 Å². The molecule has 2 atom stereocenters. The zero-order chi connectivity index (χ0) is 10.9. The Hall–Kier alpha value is -1.00. The van der Waals surface area contributed by atoms with Gasteiger partial charge in [0.2, 0.25) is 0 Å². The van der Waals surface area contributed by atoms with E-state index in [1.165, 1.54) is 0 Å². The summed E-state index contributed by atoms with van der Waals surface area (Å²) < 4.78 is 0. The molecule has 0 aromatic heterocycles. The lowest BCUT2D eigenvalue weighted by atomic mass is 9.74. The van der Waals surface area contributed by atoms with E-state index >= 15 is 0 Å². The smallest absolute Gasteiger partial charge is 0.0848 e. The van der Waals surface area contributed by atoms with E-state index in [9.17, 15) is 5.26 Å². The molecule has 2 rings (SSSR count). The maximum absolute atomic E-state index is 9.44. The molecule has 0 bridgehead atoms. The first-order chi connectivity index (χ1) is 7.19. The van der Waals surface area contributed by atoms with Crippen molar-refractivity contribution in [3.05, 3.63) is 34.9 Å². The number of hydrogen-bond donors (Lipinski definition) is 0. The van der Waals surface area contributed by atoms with E-state index in [2.05, 4.69) is 13.0 Å². The maximum Gasteiger partial charge on any atom is 0.0848 e. The summed E-state index contributed by atoms with van der Waals surface area (Å²) in [5, 5.41) is 10.2. The molecule has 2 heteroatoms. The monoisotopic (exact) mass is 219 g/mol. The van der Waals surface area contributed by atoms with Crippen LogP contribution in [0, 0.1) is 17.2 Å². The van der Waals surface area contributed by atoms with Gasteiger partial charge in [-0.3, -0.25) is 0 Å². The van der Waals surface area contributed by atoms with Crippen molar-refractivity contribution in [2.45, 2.75) is 31.6 Å². The number of nitriles is 1. The Morgan fingerprint density at radius 3 is 2.87 bits per heavy atom. The second kappa shape index (κ2) is 3.87. The highest BCUT2D eigenvalue weighted by molar-refractivity contribution is 6.30. The van der Waals surface area contributed by atoms with Crippen molar-refractivity contribution in [3.63, 3.8) is 0 Å². The van der Waals surface area contributed by atoms with E-state index in [1.807, 2.05) is 24.3 Å². The fourth-order valence-electron chi connectivity index (χ4n) is 2.61. The summed E-state index contributed by atoms with van der Waals surface area (Å²) >= 11 is 5.98. The molecule has 0 amide bonds. The largest absolute Gasteiger partial charge is 0.197 e. The molecule has 0 aliphatic heterocycles. The van der Waals surface area contributed by atoms with E-state index in [4.69, 9.17) is 11.6 Å². The van der Waals surface area contributed by atoms with Crippen LogP contribution in [-0.4, -0.2) is 0 Å². The second-order valence-electron chi connectivity index (χ2n) is 4.39. The van der Waals surface area contributed by atoms with Gasteiger partial charge in [0.1, 0.15) is 0 Å². The van der Waals surface area contributed by atoms with Crippen molar-refractivity contribution in [2.75, 3.05) is 0 Å². The predicted molar refractivity (Wildman–Crippen MR) is 61.8 cm³/mol. The van der Waals surface area contributed by atoms with Crippen molar-refractivity contribution < 1.29 is 0 Å². The summed E-state index contributed by atoms with van der Waals surface area (Å²) in [6.07, 6.45) is 3.24. The molecule has 1 aromatic rings. The molecule has 0 spiro atoms. The number of benzene rings is 1. The molecule has 0 N–H and O–H groups in total. The van der Waals surface area contributed by atoms with E-state index in [0.717, 1.165) is 29.8 Å². The normalized spacial score (nSPS) is 30.1. The minimum atomic E-state index is -0.301. The Balaban J connectivity index is 2.48. The van der Waals surface area contributed by atoms with Gasteiger partial charge >= 0.3 is 0 Å². The van der Waals surface area contributed by atoms with Crippen LogP contribution in [0.25, 0.3) is 0 Å². The molecule has 1 fully saturated rings. The molecule has 78 valence electrons. The topological polar surface area (TPSA) is 23.8 Å². The van der Waals surface area contributed by atoms with Gasteiger partial charge in [-0.15, -0.1) is 0 Å². The van der Waals surface area contributed by atoms with E-state index in [1.54, 1.807) is 0 Å². The summed E-state index contributed by atoms with van der Waals surface area (Å²) in [7, 11) is 0. The van der Waals surface area contributed by atoms with Crippen LogP contribution in [0.2, 0.25) is 5.02 Å². The highest BCUT2D eigenvalue weighted by Gasteiger charge is 2.42. The van der Waals surface area contributed by atoms with Crippen molar-refractivity contribution in [1.82, 2.24) is 0 Å². The Labute approximate surface area is 95.7 Å². The molecule has 0 saturated heterocycles. The highest BCUT2D eigenvalue weighted by atomic mass is 35.5. The van der Waals surface area contributed by atoms with Crippen LogP contribution in [-0.2, 0) is 5.41 Å². The molecule has 1 aliphatic carbocycles. The van der Waals surface area contributed by atoms with Crippen LogP contribution in [0.4, 0.5) is 0 Å². The van der Waals surface area contributed by atoms with Crippen LogP contribution < -0.4 is 0 Å². The molecule has 15 heavy (non-hydrogen) atoms. The van der Waals surface area contributed by atoms with Crippen molar-refractivity contribution >= 4 is 11.6 Å². The van der Waals surface area contributed by atoms with Gasteiger partial charge in [0, 0.05) is 5.02 Å². The third kappa shape index (κ3) is 1.64. The fourth-order valence-corrected chi connectivity index (χ4v) is 2.80. The zero-order valence-corrected chi connectivity index (χ0v) is 9.59. The lowest BCUT2D eigenvalue weighted by Gasteiger charge is -2.26. The first-order valence-corrected chi connectivity index (χ1v) is 5.74. The molecular weight excluding hydrogens is 206 g/mol. The minimum Gasteiger partial charge on any atom is -0.197 e. The summed E-state index contributed by atoms with van der Waals surface area (Å²) in [5.74, 6) is 0.431. The number of hydrogen-bond acceptors (Lipinski definition) is 1. The SMILES string of the molecule is CC1CCCC1(C#N)c1cccc(Cl)c1. The Kier molecular flexibility index (Phi) is 2.71. The molecule has 1 aliphatic rings. The zero-order valence-electron chi connectivity index (χ0n) is 8.83. The lowest BCUT2D eigenvalue weighted by molar-refractivity contribution is 0.431. The molecule has 0 radical (unpaired) electrons. The average molecular weight is 220 g/mol. The van der Waals surface area contributed by atoms with Gasteiger partial charge in [-0.25, -0.2) is 0 Å². The van der Waals surface area contributed by atoms with Crippen molar-refractivity contribution in [3.8, 4) is 6.07 Å². The average Bonchev–Trinajstić information content (AvgIpc) is 2.61. The number of rotatable bonds is 1. The van der Waals surface area contributed by atoms with E-state index < -0.39 is 0 Å². The third-order valence-electron chi connectivity index (χ3n) is 3.59. The second-order valence-corrected chi connectivity index (χ2v) is 4.82. The summed E-state index contributed by atoms with van der Waals surface area (Å²) in [4.78, 5) is 0. The molecular formula is C13H14ClN. The van der Waals surface area contributed by atoms with Crippen molar-refractivity contribution in [2.24, 2.45) is 5.92 Å². The molecule has 0 heterocycles. The molecule has 1 saturated carbocycles. The van der Waals surface area contributed by atoms with Gasteiger partial charge in [0.05, 0.1) is 11.5 Å². The van der Waals surface area contributed by atoms with Gasteiger partial charge in [-0.05, 0) is 36.5 Å². The fraction of sp³-hybridized carbons (Fsp3) is 0.462. The lowest BCUT2D eigenvalue weighted by Crippen LogP contribution is -2.26. The first kappa shape index (κ1) is 10.5. The summed E-state index contributed by atoms with van der Waals surface area (Å²) in [6, 6.07) is 10.3. The maximum atomic E-state index is 9.44. The summed E-state index contributed by atoms with van der Waals surface area (Å²) in [5.41, 5.74) is 0.785. The molecule has 1 aromatic carbocycles. The quantitative estimate of drug-likeness (QED) is 0.702. The van der Waals surface area contributed by atoms with Gasteiger partial charge in [0.15, 0.2) is 0 Å². The first-order valence-electron chi connectivity index (χ1n) is 5.36. The van der Waals surface area contributed by atoms with Crippen LogP contribution in [0.5, 0.6) is 0 Å². The van der Waals surface area contributed by atoms with E-state index in [-0.39, 0.29) is 5.41 Å². The van der Waals surface area contributed by atoms with Crippen LogP contribution in [0.1, 0.15) is 31.7 Å². The number of halogens is 1. The van der Waals surface area contributed by atoms with Crippen LogP contribution in [0.15, 0.2) is 24.3 Å². The Bertz CT molecular complexity index is 407. The van der Waals surface area contributed by atoms with Gasteiger partial charge in [0.25, 0.3) is 0 Å². The van der Waals surface area contributed by atoms with Gasteiger partial charge in [-0.1, -0.05) is 37.1 Å². The van der Waals surface area contributed by atoms with Crippen molar-refractivity contribution in [1.29, 1.82) is 5.26 Å². The summed E-state index contributed by atoms with van der Waals surface area (Å²) in [6.45, 7) is 2.16. The van der Waals surface area contributed by atoms with Crippen LogP contribution >= 0.6 is 11.6 Å². The standard InChI is InChI=1S/C13H14ClN/c1-10-4-3-7-13(10,9-15)11-5-2-6-12(14)8-11/h2,5-6,8,10H,3-4,7H2,1H3. The van der Waals surface area contributed by atoms with Gasteiger partial charge in [-0.2, -0.15) is 5.26 Å². The minimum absolute atomic E-state index is 0.301. The van der Waals surface area contributed by atoms with E-state index in [0.29, 0.717) is 5.92 Å². The number of nitrogens with zero attached hydrogens (tertiary/aromatic N) is 1. The molecule has 1 nitrogen and oxygen atoms in total.